The second-order valence-electron chi connectivity index (χ2n) is 4.46. The zero-order chi connectivity index (χ0) is 12.5. The van der Waals surface area contributed by atoms with Gasteiger partial charge in [-0.25, -0.2) is 4.39 Å². The van der Waals surface area contributed by atoms with Crippen molar-refractivity contribution in [2.24, 2.45) is 0 Å². The molecule has 0 spiro atoms. The van der Waals surface area contributed by atoms with Gasteiger partial charge in [-0.1, -0.05) is 15.9 Å². The largest absolute Gasteiger partial charge is 0.378 e. The number of hydrogen-bond donors (Lipinski definition) is 0. The Kier molecular flexibility index (Phi) is 3.64. The Labute approximate surface area is 108 Å². The van der Waals surface area contributed by atoms with Crippen LogP contribution < -0.4 is 0 Å². The monoisotopic (exact) mass is 300 g/mol. The lowest BCUT2D eigenvalue weighted by atomic mass is 9.76. The van der Waals surface area contributed by atoms with Gasteiger partial charge in [0.05, 0.1) is 11.2 Å². The maximum atomic E-state index is 13.5. The molecule has 0 amide bonds. The van der Waals surface area contributed by atoms with Crippen molar-refractivity contribution < 1.29 is 13.9 Å². The van der Waals surface area contributed by atoms with Crippen molar-refractivity contribution in [1.82, 2.24) is 0 Å². The molecule has 1 aromatic carbocycles. The zero-order valence-corrected chi connectivity index (χ0v) is 11.2. The zero-order valence-electron chi connectivity index (χ0n) is 9.63. The van der Waals surface area contributed by atoms with E-state index in [2.05, 4.69) is 15.9 Å². The molecule has 0 heterocycles. The quantitative estimate of drug-likeness (QED) is 0.792. The molecule has 92 valence electrons. The number of methoxy groups -OCH3 is 1. The Balaban J connectivity index is 2.17. The number of halogens is 2. The molecule has 2 nitrogen and oxygen atoms in total. The van der Waals surface area contributed by atoms with Crippen LogP contribution >= 0.6 is 15.9 Å². The summed E-state index contributed by atoms with van der Waals surface area (Å²) in [5.41, 5.74) is -0.214. The van der Waals surface area contributed by atoms with Crippen LogP contribution in [0.1, 0.15) is 36.0 Å². The van der Waals surface area contributed by atoms with E-state index in [1.165, 1.54) is 12.1 Å². The fourth-order valence-electron chi connectivity index (χ4n) is 2.12. The van der Waals surface area contributed by atoms with Crippen LogP contribution in [0.4, 0.5) is 4.39 Å². The van der Waals surface area contributed by atoms with Gasteiger partial charge in [-0.15, -0.1) is 0 Å². The molecule has 0 radical (unpaired) electrons. The van der Waals surface area contributed by atoms with Crippen molar-refractivity contribution in [3.8, 4) is 0 Å². The number of benzene rings is 1. The van der Waals surface area contributed by atoms with Crippen molar-refractivity contribution >= 4 is 21.7 Å². The minimum Gasteiger partial charge on any atom is -0.378 e. The molecular weight excluding hydrogens is 287 g/mol. The highest BCUT2D eigenvalue weighted by Gasteiger charge is 2.39. The minimum absolute atomic E-state index is 0.141. The Hall–Kier alpha value is -0.740. The van der Waals surface area contributed by atoms with Crippen molar-refractivity contribution in [3.63, 3.8) is 0 Å². The second-order valence-corrected chi connectivity index (χ2v) is 5.38. The fraction of sp³-hybridized carbons (Fsp3) is 0.462. The third-order valence-corrected chi connectivity index (χ3v) is 3.90. The standard InChI is InChI=1S/C13H14BrFO2/c1-17-13(5-2-6-13)8-12(16)10-7-9(14)3-4-11(10)15/h3-4,7H,2,5-6,8H2,1H3. The predicted octanol–water partition coefficient (Wildman–Crippen LogP) is 3.73. The van der Waals surface area contributed by atoms with Gasteiger partial charge in [-0.3, -0.25) is 4.79 Å². The third-order valence-electron chi connectivity index (χ3n) is 3.41. The van der Waals surface area contributed by atoms with Gasteiger partial charge in [0.25, 0.3) is 0 Å². The van der Waals surface area contributed by atoms with Crippen molar-refractivity contribution in [2.75, 3.05) is 7.11 Å². The van der Waals surface area contributed by atoms with Gasteiger partial charge in [0.2, 0.25) is 0 Å². The Morgan fingerprint density at radius 3 is 2.76 bits per heavy atom. The van der Waals surface area contributed by atoms with Crippen LogP contribution in [0.15, 0.2) is 22.7 Å². The van der Waals surface area contributed by atoms with Crippen LogP contribution in [0.3, 0.4) is 0 Å². The smallest absolute Gasteiger partial charge is 0.168 e. The van der Waals surface area contributed by atoms with Crippen LogP contribution in [-0.4, -0.2) is 18.5 Å². The van der Waals surface area contributed by atoms with E-state index in [1.54, 1.807) is 13.2 Å². The topological polar surface area (TPSA) is 26.3 Å². The van der Waals surface area contributed by atoms with Crippen molar-refractivity contribution in [1.29, 1.82) is 0 Å². The average molecular weight is 301 g/mol. The van der Waals surface area contributed by atoms with Crippen molar-refractivity contribution in [3.05, 3.63) is 34.1 Å². The summed E-state index contributed by atoms with van der Waals surface area (Å²) in [5.74, 6) is -0.658. The number of carbonyl (C=O) groups excluding carboxylic acids is 1. The lowest BCUT2D eigenvalue weighted by Crippen LogP contribution is -2.41. The number of Topliss-reactive ketones (excluding diaryl/α,β-unsaturated/α-hetero) is 1. The first-order valence-corrected chi connectivity index (χ1v) is 6.39. The summed E-state index contributed by atoms with van der Waals surface area (Å²) in [6.45, 7) is 0. The SMILES string of the molecule is COC1(CC(=O)c2cc(Br)ccc2F)CCC1. The van der Waals surface area contributed by atoms with Crippen LogP contribution in [0.25, 0.3) is 0 Å². The summed E-state index contributed by atoms with van der Waals surface area (Å²) in [4.78, 5) is 12.0. The van der Waals surface area contributed by atoms with E-state index >= 15 is 0 Å². The predicted molar refractivity (Wildman–Crippen MR) is 66.6 cm³/mol. The van der Waals surface area contributed by atoms with Gasteiger partial charge in [-0.2, -0.15) is 0 Å². The number of ether oxygens (including phenoxy) is 1. The van der Waals surface area contributed by atoms with Gasteiger partial charge in [0.1, 0.15) is 5.82 Å². The van der Waals surface area contributed by atoms with Crippen LogP contribution in [0, 0.1) is 5.82 Å². The molecule has 2 rings (SSSR count). The Bertz CT molecular complexity index is 436. The number of hydrogen-bond acceptors (Lipinski definition) is 2. The normalized spacial score (nSPS) is 17.6. The van der Waals surface area contributed by atoms with E-state index < -0.39 is 5.82 Å². The molecule has 1 saturated carbocycles. The van der Waals surface area contributed by atoms with Gasteiger partial charge >= 0.3 is 0 Å². The lowest BCUT2D eigenvalue weighted by Gasteiger charge is -2.40. The molecule has 0 N–H and O–H groups in total. The van der Waals surface area contributed by atoms with Gasteiger partial charge in [-0.05, 0) is 37.5 Å². The number of ketones is 1. The van der Waals surface area contributed by atoms with Crippen LogP contribution in [0.5, 0.6) is 0 Å². The van der Waals surface area contributed by atoms with E-state index in [0.717, 1.165) is 19.3 Å². The first-order chi connectivity index (χ1) is 8.06. The van der Waals surface area contributed by atoms with Gasteiger partial charge in [0.15, 0.2) is 5.78 Å². The van der Waals surface area contributed by atoms with Gasteiger partial charge in [0, 0.05) is 18.0 Å². The van der Waals surface area contributed by atoms with Gasteiger partial charge < -0.3 is 4.74 Å². The molecule has 17 heavy (non-hydrogen) atoms. The van der Waals surface area contributed by atoms with Crippen molar-refractivity contribution in [2.45, 2.75) is 31.3 Å². The highest BCUT2D eigenvalue weighted by atomic mass is 79.9. The van der Waals surface area contributed by atoms with E-state index in [9.17, 15) is 9.18 Å². The van der Waals surface area contributed by atoms with E-state index in [0.29, 0.717) is 4.47 Å². The first kappa shape index (κ1) is 12.7. The van der Waals surface area contributed by atoms with E-state index in [4.69, 9.17) is 4.74 Å². The van der Waals surface area contributed by atoms with E-state index in [1.807, 2.05) is 0 Å². The lowest BCUT2D eigenvalue weighted by molar-refractivity contribution is -0.0705. The minimum atomic E-state index is -0.469. The molecule has 0 bridgehead atoms. The molecule has 4 heteroatoms. The highest BCUT2D eigenvalue weighted by molar-refractivity contribution is 9.10. The molecule has 0 atom stereocenters. The molecule has 1 aromatic rings. The summed E-state index contributed by atoms with van der Waals surface area (Å²) in [6.07, 6.45) is 3.09. The molecule has 1 aliphatic carbocycles. The number of rotatable bonds is 4. The summed E-state index contributed by atoms with van der Waals surface area (Å²) in [7, 11) is 1.61. The second kappa shape index (κ2) is 4.86. The summed E-state index contributed by atoms with van der Waals surface area (Å²) >= 11 is 3.24. The van der Waals surface area contributed by atoms with Crippen LogP contribution in [-0.2, 0) is 4.74 Å². The molecule has 1 aliphatic rings. The van der Waals surface area contributed by atoms with E-state index in [-0.39, 0.29) is 23.4 Å². The maximum Gasteiger partial charge on any atom is 0.168 e. The molecule has 0 unspecified atom stereocenters. The Morgan fingerprint density at radius 2 is 2.24 bits per heavy atom. The summed E-state index contributed by atoms with van der Waals surface area (Å²) < 4.78 is 19.6. The molecule has 0 aromatic heterocycles. The molecular formula is C13H14BrFO2. The molecule has 0 aliphatic heterocycles. The molecule has 0 saturated heterocycles. The average Bonchev–Trinajstić information content (AvgIpc) is 2.26. The summed E-state index contributed by atoms with van der Waals surface area (Å²) in [6, 6.07) is 4.42. The Morgan fingerprint density at radius 1 is 1.53 bits per heavy atom. The first-order valence-electron chi connectivity index (χ1n) is 5.60. The highest BCUT2D eigenvalue weighted by Crippen LogP contribution is 2.39. The summed E-state index contributed by atoms with van der Waals surface area (Å²) in [5, 5.41) is 0. The third kappa shape index (κ3) is 2.58. The number of carbonyl (C=O) groups is 1. The van der Waals surface area contributed by atoms with Crippen LogP contribution in [0.2, 0.25) is 0 Å². The molecule has 1 fully saturated rings. The fourth-order valence-corrected chi connectivity index (χ4v) is 2.48. The maximum absolute atomic E-state index is 13.5.